The van der Waals surface area contributed by atoms with Crippen LogP contribution in [0.3, 0.4) is 0 Å². The van der Waals surface area contributed by atoms with Crippen molar-refractivity contribution in [3.8, 4) is 0 Å². The van der Waals surface area contributed by atoms with Gasteiger partial charge >= 0.3 is 0 Å². The van der Waals surface area contributed by atoms with Crippen molar-refractivity contribution in [1.29, 1.82) is 0 Å². The first-order valence-electron chi connectivity index (χ1n) is 14.2. The first-order chi connectivity index (χ1) is 19.6. The van der Waals surface area contributed by atoms with Gasteiger partial charge < -0.3 is 9.30 Å². The SMILES string of the molecule is C[Si](C)(C)CCOCn1c(CN2Cc3ccncc3C23CCN(Cc2ccc(F)cc2)C3)cc2nc(Cl)c(F)cc21. The molecule has 0 aliphatic carbocycles. The van der Waals surface area contributed by atoms with E-state index in [-0.39, 0.29) is 16.5 Å². The Labute approximate surface area is 245 Å². The highest BCUT2D eigenvalue weighted by molar-refractivity contribution is 6.76. The van der Waals surface area contributed by atoms with E-state index in [1.54, 1.807) is 0 Å². The molecule has 0 N–H and O–H groups in total. The van der Waals surface area contributed by atoms with Crippen molar-refractivity contribution in [1.82, 2.24) is 24.3 Å². The predicted molar refractivity (Wildman–Crippen MR) is 160 cm³/mol. The van der Waals surface area contributed by atoms with Crippen LogP contribution < -0.4 is 0 Å². The molecule has 41 heavy (non-hydrogen) atoms. The van der Waals surface area contributed by atoms with Crippen LogP contribution in [-0.4, -0.2) is 52.1 Å². The minimum absolute atomic E-state index is 0.121. The van der Waals surface area contributed by atoms with Gasteiger partial charge in [0.15, 0.2) is 11.0 Å². The number of halogens is 3. The third-order valence-electron chi connectivity index (χ3n) is 8.48. The maximum Gasteiger partial charge on any atom is 0.165 e. The molecule has 0 saturated carbocycles. The van der Waals surface area contributed by atoms with Gasteiger partial charge in [-0.05, 0) is 53.4 Å². The zero-order valence-electron chi connectivity index (χ0n) is 23.8. The molecular formula is C31H36ClF2N5OSi. The summed E-state index contributed by atoms with van der Waals surface area (Å²) < 4.78 is 36.3. The van der Waals surface area contributed by atoms with E-state index in [1.165, 1.54) is 29.3 Å². The highest BCUT2D eigenvalue weighted by Crippen LogP contribution is 2.46. The molecule has 6 nitrogen and oxygen atoms in total. The molecule has 0 bridgehead atoms. The van der Waals surface area contributed by atoms with Gasteiger partial charge in [-0.15, -0.1) is 0 Å². The van der Waals surface area contributed by atoms with Crippen molar-refractivity contribution in [2.24, 2.45) is 0 Å². The number of hydrogen-bond donors (Lipinski definition) is 0. The van der Waals surface area contributed by atoms with Crippen molar-refractivity contribution in [2.75, 3.05) is 19.7 Å². The summed E-state index contributed by atoms with van der Waals surface area (Å²) in [5, 5.41) is -0.121. The molecule has 10 heteroatoms. The highest BCUT2D eigenvalue weighted by Gasteiger charge is 2.49. The summed E-state index contributed by atoms with van der Waals surface area (Å²) in [6.07, 6.45) is 4.83. The maximum atomic E-state index is 14.6. The van der Waals surface area contributed by atoms with Crippen LogP contribution in [-0.2, 0) is 36.6 Å². The molecule has 0 amide bonds. The van der Waals surface area contributed by atoms with E-state index in [1.807, 2.05) is 35.2 Å². The summed E-state index contributed by atoms with van der Waals surface area (Å²) in [5.74, 6) is -0.750. The minimum atomic E-state index is -1.25. The smallest absolute Gasteiger partial charge is 0.165 e. The fourth-order valence-electron chi connectivity index (χ4n) is 6.24. The van der Waals surface area contributed by atoms with E-state index >= 15 is 0 Å². The van der Waals surface area contributed by atoms with E-state index in [4.69, 9.17) is 16.3 Å². The Morgan fingerprint density at radius 2 is 1.88 bits per heavy atom. The lowest BCUT2D eigenvalue weighted by Crippen LogP contribution is -2.43. The molecule has 2 aliphatic rings. The lowest BCUT2D eigenvalue weighted by atomic mass is 9.90. The molecule has 0 radical (unpaired) electrons. The molecule has 1 saturated heterocycles. The predicted octanol–water partition coefficient (Wildman–Crippen LogP) is 6.79. The molecule has 4 aromatic rings. The Hall–Kier alpha value is -2.69. The second kappa shape index (κ2) is 11.2. The van der Waals surface area contributed by atoms with E-state index in [0.717, 1.165) is 49.9 Å². The summed E-state index contributed by atoms with van der Waals surface area (Å²) in [7, 11) is -1.25. The number of hydrogen-bond acceptors (Lipinski definition) is 5. The first kappa shape index (κ1) is 28.4. The second-order valence-electron chi connectivity index (χ2n) is 12.6. The zero-order valence-corrected chi connectivity index (χ0v) is 25.6. The number of rotatable bonds is 9. The molecule has 3 aromatic heterocycles. The summed E-state index contributed by atoms with van der Waals surface area (Å²) in [4.78, 5) is 13.8. The molecule has 1 unspecified atom stereocenters. The van der Waals surface area contributed by atoms with E-state index < -0.39 is 13.9 Å². The molecule has 1 fully saturated rings. The van der Waals surface area contributed by atoms with Crippen LogP contribution in [0.1, 0.15) is 28.8 Å². The molecule has 1 spiro atoms. The zero-order chi connectivity index (χ0) is 28.8. The van der Waals surface area contributed by atoms with Crippen LogP contribution in [0.15, 0.2) is 54.9 Å². The van der Waals surface area contributed by atoms with Gasteiger partial charge in [0.25, 0.3) is 0 Å². The van der Waals surface area contributed by atoms with Crippen LogP contribution in [0, 0.1) is 11.6 Å². The van der Waals surface area contributed by atoms with E-state index in [2.05, 4.69) is 45.5 Å². The summed E-state index contributed by atoms with van der Waals surface area (Å²) in [5.41, 5.74) is 5.80. The van der Waals surface area contributed by atoms with Crippen LogP contribution in [0.25, 0.3) is 11.0 Å². The van der Waals surface area contributed by atoms with Gasteiger partial charge in [0.1, 0.15) is 12.5 Å². The molecule has 2 aliphatic heterocycles. The van der Waals surface area contributed by atoms with Crippen molar-refractivity contribution >= 4 is 30.7 Å². The minimum Gasteiger partial charge on any atom is -0.361 e. The van der Waals surface area contributed by atoms with Gasteiger partial charge in [-0.1, -0.05) is 43.4 Å². The van der Waals surface area contributed by atoms with Crippen LogP contribution in [0.5, 0.6) is 0 Å². The monoisotopic (exact) mass is 595 g/mol. The number of pyridine rings is 2. The fraction of sp³-hybridized carbons (Fsp3) is 0.419. The van der Waals surface area contributed by atoms with Gasteiger partial charge in [-0.25, -0.2) is 13.8 Å². The van der Waals surface area contributed by atoms with Gasteiger partial charge in [0, 0.05) is 71.6 Å². The van der Waals surface area contributed by atoms with Crippen molar-refractivity contribution < 1.29 is 13.5 Å². The van der Waals surface area contributed by atoms with Crippen LogP contribution in [0.2, 0.25) is 30.8 Å². The number of ether oxygens (including phenoxy) is 1. The van der Waals surface area contributed by atoms with Gasteiger partial charge in [0.2, 0.25) is 0 Å². The summed E-state index contributed by atoms with van der Waals surface area (Å²) >= 11 is 6.08. The topological polar surface area (TPSA) is 46.4 Å². The fourth-order valence-corrected chi connectivity index (χ4v) is 7.15. The number of nitrogens with zero attached hydrogens (tertiary/aromatic N) is 5. The first-order valence-corrected chi connectivity index (χ1v) is 18.3. The maximum absolute atomic E-state index is 14.6. The Bertz CT molecular complexity index is 1560. The van der Waals surface area contributed by atoms with Gasteiger partial charge in [-0.2, -0.15) is 0 Å². The number of aromatic nitrogens is 3. The quantitative estimate of drug-likeness (QED) is 0.121. The Kier molecular flexibility index (Phi) is 7.76. The van der Waals surface area contributed by atoms with Crippen LogP contribution >= 0.6 is 11.6 Å². The molecule has 216 valence electrons. The molecular weight excluding hydrogens is 560 g/mol. The third-order valence-corrected chi connectivity index (χ3v) is 10.4. The van der Waals surface area contributed by atoms with E-state index in [9.17, 15) is 8.78 Å². The Balaban J connectivity index is 1.30. The van der Waals surface area contributed by atoms with Gasteiger partial charge in [-0.3, -0.25) is 14.8 Å². The number of benzene rings is 1. The largest absolute Gasteiger partial charge is 0.361 e. The molecule has 1 aromatic carbocycles. The molecule has 6 rings (SSSR count). The Morgan fingerprint density at radius 1 is 1.07 bits per heavy atom. The van der Waals surface area contributed by atoms with Gasteiger partial charge in [0.05, 0.1) is 16.6 Å². The van der Waals surface area contributed by atoms with E-state index in [0.29, 0.717) is 30.9 Å². The average Bonchev–Trinajstić information content (AvgIpc) is 3.58. The number of fused-ring (bicyclic) bond motifs is 3. The lowest BCUT2D eigenvalue weighted by molar-refractivity contribution is 0.0732. The van der Waals surface area contributed by atoms with Crippen molar-refractivity contribution in [3.05, 3.63) is 94.0 Å². The van der Waals surface area contributed by atoms with Crippen LogP contribution in [0.4, 0.5) is 8.78 Å². The average molecular weight is 596 g/mol. The second-order valence-corrected chi connectivity index (χ2v) is 18.6. The third kappa shape index (κ3) is 5.83. The lowest BCUT2D eigenvalue weighted by Gasteiger charge is -2.36. The van der Waals surface area contributed by atoms with Crippen molar-refractivity contribution in [2.45, 2.75) is 64.0 Å². The Morgan fingerprint density at radius 3 is 2.66 bits per heavy atom. The highest BCUT2D eigenvalue weighted by atomic mass is 35.5. The molecule has 1 atom stereocenters. The number of likely N-dealkylation sites (tertiary alicyclic amines) is 1. The summed E-state index contributed by atoms with van der Waals surface area (Å²) in [6, 6.07) is 13.4. The standard InChI is InChI=1S/C31H36ClF2N5OSi/c1-41(2,3)13-12-40-21-39-25(14-28-29(39)15-27(34)30(32)36-28)19-38-18-23-8-10-35-16-26(23)31(38)9-11-37(20-31)17-22-4-6-24(33)7-5-22/h4-8,10,14-16H,9,11-13,17-21H2,1-3H3. The van der Waals surface area contributed by atoms with Crippen molar-refractivity contribution in [3.63, 3.8) is 0 Å². The summed E-state index contributed by atoms with van der Waals surface area (Å²) in [6.45, 7) is 12.0. The normalized spacial score (nSPS) is 19.6. The molecule has 5 heterocycles.